The summed E-state index contributed by atoms with van der Waals surface area (Å²) in [4.78, 5) is 31.7. The Kier molecular flexibility index (Phi) is 10.0. The number of carbonyl (C=O) groups is 2. The van der Waals surface area contributed by atoms with E-state index in [1.165, 1.54) is 30.6 Å². The zero-order valence-electron chi connectivity index (χ0n) is 20.6. The van der Waals surface area contributed by atoms with Crippen LogP contribution in [0.5, 0.6) is 5.75 Å². The summed E-state index contributed by atoms with van der Waals surface area (Å²) in [5.74, 6) is 3.82. The molecule has 204 valence electrons. The Balaban J connectivity index is 1.49. The van der Waals surface area contributed by atoms with Gasteiger partial charge >= 0.3 is 6.36 Å². The molecule has 0 aliphatic carbocycles. The van der Waals surface area contributed by atoms with Crippen LogP contribution >= 0.6 is 0 Å². The molecular formula is C25H25F3N8O3. The van der Waals surface area contributed by atoms with Crippen LogP contribution in [0.3, 0.4) is 0 Å². The Bertz CT molecular complexity index is 1340. The minimum atomic E-state index is -4.80. The second-order valence-corrected chi connectivity index (χ2v) is 8.12. The fourth-order valence-electron chi connectivity index (χ4n) is 3.36. The van der Waals surface area contributed by atoms with Crippen molar-refractivity contribution in [3.05, 3.63) is 66.1 Å². The van der Waals surface area contributed by atoms with Crippen molar-refractivity contribution >= 4 is 29.6 Å². The highest BCUT2D eigenvalue weighted by Gasteiger charge is 2.31. The van der Waals surface area contributed by atoms with Crippen LogP contribution in [0.4, 0.5) is 19.0 Å². The molecule has 2 amide bonds. The molecule has 39 heavy (non-hydrogen) atoms. The lowest BCUT2D eigenvalue weighted by Gasteiger charge is -2.10. The normalized spacial score (nSPS) is 11.9. The standard InChI is InChI=1S/C25H25F3N8O3/c26-25(27,28)39-20-6-3-4-16(13-20)17-9-11-32-19(12-17)14-23(37)33-22-8-7-18(35-36-22)5-1-2-10-31-15-21(34-30)24(29)38/h3-4,6-9,11-13,15H,1-2,5,10,14,30H2,(H2,29,38)(H,33,36,37). The number of carbonyl (C=O) groups excluding carboxylic acids is 2. The maximum Gasteiger partial charge on any atom is 0.573 e. The van der Waals surface area contributed by atoms with E-state index in [1.54, 1.807) is 30.3 Å². The number of primary amides is 1. The molecule has 0 radical (unpaired) electrons. The lowest BCUT2D eigenvalue weighted by Crippen LogP contribution is -2.25. The van der Waals surface area contributed by atoms with Gasteiger partial charge in [0, 0.05) is 12.7 Å². The molecule has 0 saturated carbocycles. The lowest BCUT2D eigenvalue weighted by molar-refractivity contribution is -0.274. The van der Waals surface area contributed by atoms with E-state index in [-0.39, 0.29) is 29.6 Å². The fraction of sp³-hybridized carbons (Fsp3) is 0.240. The lowest BCUT2D eigenvalue weighted by atomic mass is 10.1. The number of aromatic nitrogens is 3. The number of unbranched alkanes of at least 4 members (excludes halogenated alkanes) is 1. The SMILES string of the molecule is NN=C(C=NCCCCc1ccc(NC(=O)Cc2cc(-c3cccc(OC(F)(F)F)c3)ccn2)nn1)C(N)=O. The minimum Gasteiger partial charge on any atom is -0.406 e. The molecule has 11 nitrogen and oxygen atoms in total. The van der Waals surface area contributed by atoms with Crippen LogP contribution in [0, 0.1) is 0 Å². The molecule has 0 bridgehead atoms. The van der Waals surface area contributed by atoms with Crippen molar-refractivity contribution in [3.63, 3.8) is 0 Å². The Morgan fingerprint density at radius 2 is 1.82 bits per heavy atom. The first-order valence-electron chi connectivity index (χ1n) is 11.6. The molecule has 14 heteroatoms. The molecule has 3 aromatic rings. The summed E-state index contributed by atoms with van der Waals surface area (Å²) in [7, 11) is 0. The van der Waals surface area contributed by atoms with Gasteiger partial charge in [0.15, 0.2) is 11.5 Å². The second-order valence-electron chi connectivity index (χ2n) is 8.12. The molecule has 0 aliphatic rings. The van der Waals surface area contributed by atoms with Crippen molar-refractivity contribution in [2.24, 2.45) is 21.7 Å². The summed E-state index contributed by atoms with van der Waals surface area (Å²) >= 11 is 0. The molecule has 2 aromatic heterocycles. The third-order valence-electron chi connectivity index (χ3n) is 5.12. The molecule has 3 rings (SSSR count). The van der Waals surface area contributed by atoms with E-state index in [9.17, 15) is 22.8 Å². The number of hydrogen-bond acceptors (Lipinski definition) is 9. The Labute approximate surface area is 221 Å². The van der Waals surface area contributed by atoms with Gasteiger partial charge in [-0.05, 0) is 66.8 Å². The second kappa shape index (κ2) is 13.6. The van der Waals surface area contributed by atoms with Gasteiger partial charge in [0.1, 0.15) is 5.75 Å². The van der Waals surface area contributed by atoms with Gasteiger partial charge in [-0.2, -0.15) is 10.2 Å². The van der Waals surface area contributed by atoms with Gasteiger partial charge in [0.2, 0.25) is 5.91 Å². The van der Waals surface area contributed by atoms with Gasteiger partial charge in [-0.1, -0.05) is 12.1 Å². The number of aliphatic imine (C=N–C) groups is 1. The van der Waals surface area contributed by atoms with Crippen LogP contribution in [0.25, 0.3) is 11.1 Å². The van der Waals surface area contributed by atoms with Gasteiger partial charge in [0.05, 0.1) is 24.0 Å². The monoisotopic (exact) mass is 542 g/mol. The highest BCUT2D eigenvalue weighted by molar-refractivity contribution is 6.60. The smallest absolute Gasteiger partial charge is 0.406 e. The Hall–Kier alpha value is -4.88. The van der Waals surface area contributed by atoms with Crippen LogP contribution in [-0.2, 0) is 22.4 Å². The number of hydrogen-bond donors (Lipinski definition) is 3. The molecule has 0 saturated heterocycles. The highest BCUT2D eigenvalue weighted by atomic mass is 19.4. The summed E-state index contributed by atoms with van der Waals surface area (Å²) in [5.41, 5.74) is 7.17. The summed E-state index contributed by atoms with van der Waals surface area (Å²) in [5, 5.41) is 14.0. The number of pyridine rings is 1. The number of hydrazone groups is 1. The molecular weight excluding hydrogens is 517 g/mol. The van der Waals surface area contributed by atoms with E-state index < -0.39 is 12.3 Å². The zero-order chi connectivity index (χ0) is 28.3. The number of rotatable bonds is 12. The van der Waals surface area contributed by atoms with E-state index in [0.717, 1.165) is 18.5 Å². The summed E-state index contributed by atoms with van der Waals surface area (Å²) in [6.45, 7) is 0.454. The van der Waals surface area contributed by atoms with E-state index in [0.29, 0.717) is 29.8 Å². The molecule has 0 aliphatic heterocycles. The number of aryl methyl sites for hydroxylation is 1. The van der Waals surface area contributed by atoms with Crippen molar-refractivity contribution < 1.29 is 27.5 Å². The van der Waals surface area contributed by atoms with E-state index in [1.807, 2.05) is 0 Å². The number of alkyl halides is 3. The summed E-state index contributed by atoms with van der Waals surface area (Å²) in [6, 6.07) is 12.1. The minimum absolute atomic E-state index is 0.0805. The number of halogens is 3. The zero-order valence-corrected chi connectivity index (χ0v) is 20.6. The van der Waals surface area contributed by atoms with Gasteiger partial charge in [-0.3, -0.25) is 19.6 Å². The molecule has 5 N–H and O–H groups in total. The highest BCUT2D eigenvalue weighted by Crippen LogP contribution is 2.28. The maximum absolute atomic E-state index is 12.5. The van der Waals surface area contributed by atoms with Crippen LogP contribution < -0.4 is 21.6 Å². The first-order chi connectivity index (χ1) is 18.6. The Morgan fingerprint density at radius 3 is 2.51 bits per heavy atom. The average molecular weight is 543 g/mol. The van der Waals surface area contributed by atoms with E-state index >= 15 is 0 Å². The predicted octanol–water partition coefficient (Wildman–Crippen LogP) is 2.81. The third kappa shape index (κ3) is 9.83. The number of nitrogens with zero attached hydrogens (tertiary/aromatic N) is 5. The van der Waals surface area contributed by atoms with Crippen molar-refractivity contribution in [1.82, 2.24) is 15.2 Å². The molecule has 2 heterocycles. The molecule has 0 fully saturated rings. The molecule has 0 atom stereocenters. The van der Waals surface area contributed by atoms with Crippen LogP contribution in [0.2, 0.25) is 0 Å². The molecule has 0 spiro atoms. The topological polar surface area (TPSA) is 171 Å². The van der Waals surface area contributed by atoms with Crippen molar-refractivity contribution in [2.75, 3.05) is 11.9 Å². The van der Waals surface area contributed by atoms with Crippen molar-refractivity contribution in [3.8, 4) is 16.9 Å². The molecule has 1 aromatic carbocycles. The van der Waals surface area contributed by atoms with Gasteiger partial charge < -0.3 is 21.6 Å². The first-order valence-corrected chi connectivity index (χ1v) is 11.6. The van der Waals surface area contributed by atoms with Crippen LogP contribution in [-0.4, -0.2) is 51.8 Å². The number of amides is 2. The quantitative estimate of drug-likeness (QED) is 0.137. The van der Waals surface area contributed by atoms with Crippen LogP contribution in [0.1, 0.15) is 24.2 Å². The van der Waals surface area contributed by atoms with E-state index in [4.69, 9.17) is 11.6 Å². The van der Waals surface area contributed by atoms with Gasteiger partial charge in [0.25, 0.3) is 5.91 Å². The van der Waals surface area contributed by atoms with Gasteiger partial charge in [-0.15, -0.1) is 18.3 Å². The number of benzene rings is 1. The summed E-state index contributed by atoms with van der Waals surface area (Å²) < 4.78 is 41.5. The van der Waals surface area contributed by atoms with Crippen molar-refractivity contribution in [2.45, 2.75) is 32.0 Å². The maximum atomic E-state index is 12.5. The van der Waals surface area contributed by atoms with Gasteiger partial charge in [-0.25, -0.2) is 0 Å². The average Bonchev–Trinajstić information content (AvgIpc) is 2.88. The Morgan fingerprint density at radius 1 is 1.03 bits per heavy atom. The number of nitrogens with two attached hydrogens (primary N) is 2. The fourth-order valence-corrected chi connectivity index (χ4v) is 3.36. The predicted molar refractivity (Wildman–Crippen MR) is 138 cm³/mol. The van der Waals surface area contributed by atoms with E-state index in [2.05, 4.69) is 35.3 Å². The summed E-state index contributed by atoms with van der Waals surface area (Å²) in [6.07, 6.45) is -0.0569. The largest absolute Gasteiger partial charge is 0.573 e. The number of ether oxygens (including phenoxy) is 1. The van der Waals surface area contributed by atoms with Crippen molar-refractivity contribution in [1.29, 1.82) is 0 Å². The third-order valence-corrected chi connectivity index (χ3v) is 5.12. The van der Waals surface area contributed by atoms with Crippen LogP contribution in [0.15, 0.2) is 64.8 Å². The number of anilines is 1. The number of nitrogens with one attached hydrogen (secondary N) is 1. The molecule has 0 unspecified atom stereocenters. The first kappa shape index (κ1) is 28.7.